The van der Waals surface area contributed by atoms with Gasteiger partial charge in [0.15, 0.2) is 5.13 Å². The number of hydrogen-bond donors (Lipinski definition) is 3. The van der Waals surface area contributed by atoms with E-state index >= 15 is 0 Å². The van der Waals surface area contributed by atoms with Crippen LogP contribution in [-0.4, -0.2) is 46.6 Å². The van der Waals surface area contributed by atoms with E-state index in [1.807, 2.05) is 0 Å². The Labute approximate surface area is 195 Å². The lowest BCUT2D eigenvalue weighted by atomic mass is 9.92. The maximum Gasteiger partial charge on any atom is 0.416 e. The number of fused-ring (bicyclic) bond motifs is 1. The van der Waals surface area contributed by atoms with Crippen LogP contribution in [0.3, 0.4) is 0 Å². The number of benzene rings is 2. The number of rotatable bonds is 3. The first-order valence-corrected chi connectivity index (χ1v) is 11.0. The maximum absolute atomic E-state index is 13.2. The number of halogens is 4. The van der Waals surface area contributed by atoms with Gasteiger partial charge in [-0.2, -0.15) is 13.2 Å². The quantitative estimate of drug-likeness (QED) is 0.464. The number of hydrogen-bond acceptors (Lipinski definition) is 5. The maximum atomic E-state index is 13.2. The molecule has 7 nitrogen and oxygen atoms in total. The summed E-state index contributed by atoms with van der Waals surface area (Å²) in [6.45, 7) is 2.80. The summed E-state index contributed by atoms with van der Waals surface area (Å²) in [7, 11) is 0. The van der Waals surface area contributed by atoms with E-state index in [-0.39, 0.29) is 21.9 Å². The molecule has 1 unspecified atom stereocenters. The highest BCUT2D eigenvalue weighted by molar-refractivity contribution is 7.22. The Morgan fingerprint density at radius 3 is 2.76 bits per heavy atom. The molecule has 0 saturated carbocycles. The number of anilines is 1. The zero-order valence-corrected chi connectivity index (χ0v) is 18.7. The molecule has 2 amide bonds. The number of alkyl halides is 3. The normalized spacial score (nSPS) is 16.8. The highest BCUT2D eigenvalue weighted by Gasteiger charge is 2.33. The SMILES string of the molecule is Cc1cc(Cl)cc(C(=O)Nc2nc3ccc(C(F)(F)F)cc3s2)c1C1CNCCN1C(=O)O. The molecule has 0 radical (unpaired) electrons. The predicted octanol–water partition coefficient (Wildman–Crippen LogP) is 5.15. The molecule has 3 N–H and O–H groups in total. The number of aryl methyl sites for hydroxylation is 1. The van der Waals surface area contributed by atoms with Crippen LogP contribution in [0.15, 0.2) is 30.3 Å². The van der Waals surface area contributed by atoms with Gasteiger partial charge in [0, 0.05) is 30.2 Å². The van der Waals surface area contributed by atoms with Crippen molar-refractivity contribution in [1.82, 2.24) is 15.2 Å². The smallest absolute Gasteiger partial charge is 0.416 e. The van der Waals surface area contributed by atoms with Crippen molar-refractivity contribution in [2.75, 3.05) is 25.0 Å². The molecule has 4 rings (SSSR count). The molecule has 1 aromatic heterocycles. The monoisotopic (exact) mass is 498 g/mol. The Morgan fingerprint density at radius 1 is 1.30 bits per heavy atom. The van der Waals surface area contributed by atoms with Crippen molar-refractivity contribution in [1.29, 1.82) is 0 Å². The predicted molar refractivity (Wildman–Crippen MR) is 119 cm³/mol. The van der Waals surface area contributed by atoms with Crippen LogP contribution in [0, 0.1) is 6.92 Å². The number of carboxylic acid groups (broad SMARTS) is 1. The lowest BCUT2D eigenvalue weighted by Gasteiger charge is -2.36. The molecular formula is C21H18ClF3N4O3S. The third-order valence-corrected chi connectivity index (χ3v) is 6.51. The van der Waals surface area contributed by atoms with Gasteiger partial charge < -0.3 is 10.4 Å². The summed E-state index contributed by atoms with van der Waals surface area (Å²) in [6, 6.07) is 5.65. The van der Waals surface area contributed by atoms with Gasteiger partial charge in [0.25, 0.3) is 5.91 Å². The highest BCUT2D eigenvalue weighted by Crippen LogP contribution is 2.35. The molecule has 1 aliphatic heterocycles. The molecule has 2 aromatic carbocycles. The van der Waals surface area contributed by atoms with Crippen molar-refractivity contribution in [2.45, 2.75) is 19.1 Å². The van der Waals surface area contributed by atoms with Gasteiger partial charge >= 0.3 is 12.3 Å². The standard InChI is InChI=1S/C21H18ClF3N4O3S/c1-10-6-12(22)8-13(17(10)15-9-26-4-5-29(15)20(31)32)18(30)28-19-27-14-3-2-11(21(23,24)25)7-16(14)33-19/h2-3,6-8,15,26H,4-5,9H2,1H3,(H,31,32)(H,27,28,30). The van der Waals surface area contributed by atoms with Gasteiger partial charge in [0.1, 0.15) is 0 Å². The summed E-state index contributed by atoms with van der Waals surface area (Å²) >= 11 is 7.10. The largest absolute Gasteiger partial charge is 0.465 e. The molecule has 0 spiro atoms. The van der Waals surface area contributed by atoms with Crippen molar-refractivity contribution in [3.05, 3.63) is 57.6 Å². The second-order valence-corrected chi connectivity index (χ2v) is 9.00. The molecule has 2 heterocycles. The molecular weight excluding hydrogens is 481 g/mol. The molecule has 33 heavy (non-hydrogen) atoms. The number of amides is 2. The summed E-state index contributed by atoms with van der Waals surface area (Å²) < 4.78 is 39.2. The summed E-state index contributed by atoms with van der Waals surface area (Å²) in [5, 5.41) is 15.8. The summed E-state index contributed by atoms with van der Waals surface area (Å²) in [4.78, 5) is 30.4. The molecule has 3 aromatic rings. The van der Waals surface area contributed by atoms with E-state index in [0.29, 0.717) is 34.8 Å². The van der Waals surface area contributed by atoms with Crippen LogP contribution in [0.2, 0.25) is 5.02 Å². The van der Waals surface area contributed by atoms with Crippen LogP contribution in [0.4, 0.5) is 23.1 Å². The molecule has 0 bridgehead atoms. The molecule has 1 saturated heterocycles. The van der Waals surface area contributed by atoms with E-state index < -0.39 is 29.8 Å². The second kappa shape index (κ2) is 8.81. The van der Waals surface area contributed by atoms with Crippen LogP contribution >= 0.6 is 22.9 Å². The first-order valence-electron chi connectivity index (χ1n) is 9.84. The van der Waals surface area contributed by atoms with Crippen molar-refractivity contribution < 1.29 is 27.9 Å². The third kappa shape index (κ3) is 4.75. The second-order valence-electron chi connectivity index (χ2n) is 7.53. The number of nitrogens with one attached hydrogen (secondary N) is 2. The van der Waals surface area contributed by atoms with Gasteiger partial charge in [-0.05, 0) is 48.4 Å². The zero-order valence-electron chi connectivity index (χ0n) is 17.2. The Hall–Kier alpha value is -2.89. The van der Waals surface area contributed by atoms with Crippen LogP contribution in [0.1, 0.15) is 33.1 Å². The number of piperazine rings is 1. The van der Waals surface area contributed by atoms with E-state index in [1.165, 1.54) is 17.0 Å². The molecule has 1 aliphatic rings. The molecule has 174 valence electrons. The summed E-state index contributed by atoms with van der Waals surface area (Å²) in [5.41, 5.74) is 0.844. The Kier molecular flexibility index (Phi) is 6.21. The number of carbonyl (C=O) groups excluding carboxylic acids is 1. The van der Waals surface area contributed by atoms with Crippen LogP contribution in [-0.2, 0) is 6.18 Å². The topological polar surface area (TPSA) is 94.6 Å². The van der Waals surface area contributed by atoms with Gasteiger partial charge in [-0.1, -0.05) is 22.9 Å². The molecule has 12 heteroatoms. The number of aromatic nitrogens is 1. The fourth-order valence-electron chi connectivity index (χ4n) is 3.89. The molecule has 0 aliphatic carbocycles. The molecule has 1 atom stereocenters. The molecule has 1 fully saturated rings. The Bertz CT molecular complexity index is 1250. The first-order chi connectivity index (χ1) is 15.5. The number of thiazole rings is 1. The van der Waals surface area contributed by atoms with Gasteiger partial charge in [-0.25, -0.2) is 9.78 Å². The van der Waals surface area contributed by atoms with E-state index in [1.54, 1.807) is 13.0 Å². The average molecular weight is 499 g/mol. The first kappa shape index (κ1) is 23.3. The number of carbonyl (C=O) groups is 2. The Morgan fingerprint density at radius 2 is 2.06 bits per heavy atom. The van der Waals surface area contributed by atoms with E-state index in [2.05, 4.69) is 15.6 Å². The minimum Gasteiger partial charge on any atom is -0.465 e. The fourth-order valence-corrected chi connectivity index (χ4v) is 5.07. The van der Waals surface area contributed by atoms with Crippen LogP contribution in [0.5, 0.6) is 0 Å². The summed E-state index contributed by atoms with van der Waals surface area (Å²) in [6.07, 6.45) is -5.59. The Balaban J connectivity index is 1.69. The summed E-state index contributed by atoms with van der Waals surface area (Å²) in [5.74, 6) is -0.582. The van der Waals surface area contributed by atoms with Crippen molar-refractivity contribution >= 4 is 50.3 Å². The fraction of sp³-hybridized carbons (Fsp3) is 0.286. The van der Waals surface area contributed by atoms with E-state index in [4.69, 9.17) is 11.6 Å². The van der Waals surface area contributed by atoms with Crippen LogP contribution < -0.4 is 10.6 Å². The minimum atomic E-state index is -4.49. The highest BCUT2D eigenvalue weighted by atomic mass is 35.5. The minimum absolute atomic E-state index is 0.120. The number of nitrogens with zero attached hydrogens (tertiary/aromatic N) is 2. The van der Waals surface area contributed by atoms with Crippen molar-refractivity contribution in [2.24, 2.45) is 0 Å². The van der Waals surface area contributed by atoms with E-state index in [9.17, 15) is 27.9 Å². The van der Waals surface area contributed by atoms with Crippen molar-refractivity contribution in [3.8, 4) is 0 Å². The lowest BCUT2D eigenvalue weighted by Crippen LogP contribution is -2.48. The van der Waals surface area contributed by atoms with Gasteiger partial charge in [-0.3, -0.25) is 15.0 Å². The zero-order chi connectivity index (χ0) is 23.9. The van der Waals surface area contributed by atoms with Gasteiger partial charge in [0.2, 0.25) is 0 Å². The lowest BCUT2D eigenvalue weighted by molar-refractivity contribution is -0.137. The van der Waals surface area contributed by atoms with Crippen molar-refractivity contribution in [3.63, 3.8) is 0 Å². The average Bonchev–Trinajstić information content (AvgIpc) is 3.14. The third-order valence-electron chi connectivity index (χ3n) is 5.35. The van der Waals surface area contributed by atoms with E-state index in [0.717, 1.165) is 23.5 Å². The van der Waals surface area contributed by atoms with Gasteiger partial charge in [-0.15, -0.1) is 0 Å². The van der Waals surface area contributed by atoms with Gasteiger partial charge in [0.05, 0.1) is 21.8 Å². The van der Waals surface area contributed by atoms with Crippen LogP contribution in [0.25, 0.3) is 10.2 Å².